The first kappa shape index (κ1) is 19.5. The molecule has 1 heterocycles. The Kier molecular flexibility index (Phi) is 5.99. The number of aromatic amines is 1. The van der Waals surface area contributed by atoms with Crippen LogP contribution in [0.5, 0.6) is 0 Å². The molecule has 1 aromatic heterocycles. The van der Waals surface area contributed by atoms with E-state index in [-0.39, 0.29) is 23.1 Å². The van der Waals surface area contributed by atoms with Crippen molar-refractivity contribution in [2.75, 3.05) is 0 Å². The number of pyridine rings is 1. The summed E-state index contributed by atoms with van der Waals surface area (Å²) < 4.78 is 0. The van der Waals surface area contributed by atoms with Gasteiger partial charge in [0.25, 0.3) is 5.56 Å². The molecule has 2 aromatic rings. The molecule has 0 aliphatic carbocycles. The first-order valence-electron chi connectivity index (χ1n) is 8.73. The lowest BCUT2D eigenvalue weighted by Gasteiger charge is -2.18. The number of amides is 1. The summed E-state index contributed by atoms with van der Waals surface area (Å²) in [5, 5.41) is 12.2. The van der Waals surface area contributed by atoms with Gasteiger partial charge in [-0.2, -0.15) is 5.26 Å². The minimum absolute atomic E-state index is 0.0538. The van der Waals surface area contributed by atoms with E-state index < -0.39 is 0 Å². The summed E-state index contributed by atoms with van der Waals surface area (Å²) in [7, 11) is 0. The van der Waals surface area contributed by atoms with E-state index in [1.807, 2.05) is 26.8 Å². The fraction of sp³-hybridized carbons (Fsp3) is 0.381. The second kappa shape index (κ2) is 8.01. The Bertz CT molecular complexity index is 935. The lowest BCUT2D eigenvalue weighted by atomic mass is 9.98. The number of nitrogens with one attached hydrogen (secondary N) is 2. The van der Waals surface area contributed by atoms with Gasteiger partial charge in [-0.3, -0.25) is 9.59 Å². The largest absolute Gasteiger partial charge is 0.350 e. The monoisotopic (exact) mass is 351 g/mol. The summed E-state index contributed by atoms with van der Waals surface area (Å²) in [6.45, 7) is 9.60. The Hall–Kier alpha value is -2.87. The Balaban J connectivity index is 2.09. The molecule has 5 heteroatoms. The molecule has 2 rings (SSSR count). The summed E-state index contributed by atoms with van der Waals surface area (Å²) in [4.78, 5) is 26.9. The van der Waals surface area contributed by atoms with E-state index >= 15 is 0 Å². The number of nitrogens with zero attached hydrogens (tertiary/aromatic N) is 1. The molecule has 0 aliphatic heterocycles. The van der Waals surface area contributed by atoms with Crippen molar-refractivity contribution in [3.63, 3.8) is 0 Å². The third-order valence-corrected chi connectivity index (χ3v) is 4.80. The molecule has 1 amide bonds. The molecule has 2 N–H and O–H groups in total. The Morgan fingerprint density at radius 1 is 1.27 bits per heavy atom. The lowest BCUT2D eigenvalue weighted by Crippen LogP contribution is -2.27. The topological polar surface area (TPSA) is 85.8 Å². The number of carbonyl (C=O) groups is 1. The number of hydrogen-bond donors (Lipinski definition) is 2. The van der Waals surface area contributed by atoms with Gasteiger partial charge in [0, 0.05) is 12.1 Å². The molecule has 5 nitrogen and oxygen atoms in total. The molecular weight excluding hydrogens is 326 g/mol. The van der Waals surface area contributed by atoms with Crippen molar-refractivity contribution in [3.05, 3.63) is 67.6 Å². The lowest BCUT2D eigenvalue weighted by molar-refractivity contribution is -0.121. The van der Waals surface area contributed by atoms with Gasteiger partial charge in [0.05, 0.1) is 6.04 Å². The fourth-order valence-electron chi connectivity index (χ4n) is 3.28. The average Bonchev–Trinajstić information content (AvgIpc) is 2.56. The number of nitriles is 1. The van der Waals surface area contributed by atoms with Gasteiger partial charge < -0.3 is 10.3 Å². The minimum Gasteiger partial charge on any atom is -0.350 e. The molecule has 0 fully saturated rings. The maximum Gasteiger partial charge on any atom is 0.266 e. The van der Waals surface area contributed by atoms with Crippen LogP contribution in [0, 0.1) is 39.0 Å². The van der Waals surface area contributed by atoms with E-state index in [9.17, 15) is 9.59 Å². The molecular formula is C21H25N3O2. The van der Waals surface area contributed by atoms with Gasteiger partial charge in [-0.25, -0.2) is 0 Å². The molecule has 0 radical (unpaired) electrons. The molecule has 0 saturated heterocycles. The quantitative estimate of drug-likeness (QED) is 0.867. The SMILES string of the molecule is Cc1ccc(C)c(C(C)NC(=O)CCc2c(C)[nH]c(=O)c(C#N)c2C)c1. The van der Waals surface area contributed by atoms with Crippen molar-refractivity contribution in [2.45, 2.75) is 53.5 Å². The van der Waals surface area contributed by atoms with E-state index in [1.165, 1.54) is 0 Å². The maximum absolute atomic E-state index is 12.4. The van der Waals surface area contributed by atoms with E-state index in [2.05, 4.69) is 28.5 Å². The number of benzene rings is 1. The van der Waals surface area contributed by atoms with Crippen LogP contribution in [0.2, 0.25) is 0 Å². The summed E-state index contributed by atoms with van der Waals surface area (Å²) in [5.41, 5.74) is 5.39. The van der Waals surface area contributed by atoms with Gasteiger partial charge in [0.15, 0.2) is 0 Å². The Morgan fingerprint density at radius 2 is 1.96 bits per heavy atom. The van der Waals surface area contributed by atoms with Crippen LogP contribution >= 0.6 is 0 Å². The highest BCUT2D eigenvalue weighted by Crippen LogP contribution is 2.20. The summed E-state index contributed by atoms with van der Waals surface area (Å²) in [6.07, 6.45) is 0.780. The van der Waals surface area contributed by atoms with Crippen molar-refractivity contribution in [1.82, 2.24) is 10.3 Å². The normalized spacial score (nSPS) is 11.7. The highest BCUT2D eigenvalue weighted by atomic mass is 16.1. The van der Waals surface area contributed by atoms with Crippen molar-refractivity contribution < 1.29 is 4.79 Å². The molecule has 136 valence electrons. The van der Waals surface area contributed by atoms with E-state index in [0.29, 0.717) is 24.1 Å². The van der Waals surface area contributed by atoms with Crippen LogP contribution < -0.4 is 10.9 Å². The first-order chi connectivity index (χ1) is 12.2. The molecule has 1 unspecified atom stereocenters. The van der Waals surface area contributed by atoms with Gasteiger partial charge in [0.1, 0.15) is 11.6 Å². The smallest absolute Gasteiger partial charge is 0.266 e. The van der Waals surface area contributed by atoms with Gasteiger partial charge in [-0.1, -0.05) is 23.8 Å². The first-order valence-corrected chi connectivity index (χ1v) is 8.73. The predicted octanol–water partition coefficient (Wildman–Crippen LogP) is 3.29. The second-order valence-electron chi connectivity index (χ2n) is 6.82. The number of hydrogen-bond acceptors (Lipinski definition) is 3. The van der Waals surface area contributed by atoms with Crippen LogP contribution in [0.25, 0.3) is 0 Å². The van der Waals surface area contributed by atoms with Crippen molar-refractivity contribution in [1.29, 1.82) is 5.26 Å². The van der Waals surface area contributed by atoms with E-state index in [0.717, 1.165) is 22.3 Å². The molecule has 0 spiro atoms. The van der Waals surface area contributed by atoms with Crippen molar-refractivity contribution in [2.24, 2.45) is 0 Å². The van der Waals surface area contributed by atoms with Crippen molar-refractivity contribution >= 4 is 5.91 Å². The van der Waals surface area contributed by atoms with Crippen LogP contribution in [-0.4, -0.2) is 10.9 Å². The van der Waals surface area contributed by atoms with Crippen LogP contribution in [0.15, 0.2) is 23.0 Å². The second-order valence-corrected chi connectivity index (χ2v) is 6.82. The zero-order valence-electron chi connectivity index (χ0n) is 16.0. The van der Waals surface area contributed by atoms with E-state index in [1.54, 1.807) is 13.8 Å². The zero-order chi connectivity index (χ0) is 19.4. The molecule has 0 saturated carbocycles. The van der Waals surface area contributed by atoms with Gasteiger partial charge in [-0.05, 0) is 63.3 Å². The standard InChI is InChI=1S/C21H25N3O2/c1-12-6-7-13(2)18(10-12)16(5)23-20(25)9-8-17-14(3)19(11-22)21(26)24-15(17)4/h6-7,10,16H,8-9H2,1-5H3,(H,23,25)(H,24,26). The minimum atomic E-state index is -0.376. The number of carbonyl (C=O) groups excluding carboxylic acids is 1. The summed E-state index contributed by atoms with van der Waals surface area (Å²) in [6, 6.07) is 8.08. The number of aromatic nitrogens is 1. The molecule has 0 bridgehead atoms. The van der Waals surface area contributed by atoms with Crippen molar-refractivity contribution in [3.8, 4) is 6.07 Å². The third kappa shape index (κ3) is 4.20. The highest BCUT2D eigenvalue weighted by molar-refractivity contribution is 5.76. The number of rotatable bonds is 5. The van der Waals surface area contributed by atoms with Crippen LogP contribution in [0.3, 0.4) is 0 Å². The van der Waals surface area contributed by atoms with Crippen LogP contribution in [-0.2, 0) is 11.2 Å². The molecule has 0 aliphatic rings. The van der Waals surface area contributed by atoms with Gasteiger partial charge in [-0.15, -0.1) is 0 Å². The Labute approximate surface area is 154 Å². The zero-order valence-corrected chi connectivity index (χ0v) is 16.0. The maximum atomic E-state index is 12.4. The summed E-state index contributed by atoms with van der Waals surface area (Å²) in [5.74, 6) is -0.0538. The summed E-state index contributed by atoms with van der Waals surface area (Å²) >= 11 is 0. The Morgan fingerprint density at radius 3 is 2.62 bits per heavy atom. The molecule has 26 heavy (non-hydrogen) atoms. The van der Waals surface area contributed by atoms with Crippen LogP contribution in [0.1, 0.15) is 58.5 Å². The molecule has 1 aromatic carbocycles. The van der Waals surface area contributed by atoms with Gasteiger partial charge >= 0.3 is 0 Å². The van der Waals surface area contributed by atoms with Gasteiger partial charge in [0.2, 0.25) is 5.91 Å². The van der Waals surface area contributed by atoms with Crippen LogP contribution in [0.4, 0.5) is 0 Å². The third-order valence-electron chi connectivity index (χ3n) is 4.80. The fourth-order valence-corrected chi connectivity index (χ4v) is 3.28. The number of H-pyrrole nitrogens is 1. The predicted molar refractivity (Wildman–Crippen MR) is 102 cm³/mol. The average molecular weight is 351 g/mol. The highest BCUT2D eigenvalue weighted by Gasteiger charge is 2.15. The molecule has 1 atom stereocenters. The van der Waals surface area contributed by atoms with E-state index in [4.69, 9.17) is 5.26 Å². The number of aryl methyl sites for hydroxylation is 3.